The lowest BCUT2D eigenvalue weighted by Gasteiger charge is -2.26. The largest absolute Gasteiger partial charge is 0.389 e. The fourth-order valence-electron chi connectivity index (χ4n) is 1.41. The van der Waals surface area contributed by atoms with E-state index >= 15 is 0 Å². The van der Waals surface area contributed by atoms with Crippen LogP contribution < -0.4 is 0 Å². The fraction of sp³-hybridized carbons (Fsp3) is 0.455. The van der Waals surface area contributed by atoms with Gasteiger partial charge in [-0.15, -0.1) is 11.8 Å². The van der Waals surface area contributed by atoms with E-state index in [1.807, 2.05) is 0 Å². The summed E-state index contributed by atoms with van der Waals surface area (Å²) < 4.78 is 18.1. The number of benzene rings is 1. The quantitative estimate of drug-likeness (QED) is 0.861. The van der Waals surface area contributed by atoms with Crippen molar-refractivity contribution < 1.29 is 14.2 Å². The Morgan fingerprint density at radius 2 is 2.27 bits per heavy atom. The highest BCUT2D eigenvalue weighted by Crippen LogP contribution is 2.33. The van der Waals surface area contributed by atoms with Gasteiger partial charge in [0.2, 0.25) is 0 Å². The van der Waals surface area contributed by atoms with Crippen LogP contribution in [-0.4, -0.2) is 23.6 Å². The van der Waals surface area contributed by atoms with E-state index in [1.165, 1.54) is 12.1 Å². The molecule has 0 aromatic heterocycles. The van der Waals surface area contributed by atoms with Crippen LogP contribution in [0.4, 0.5) is 4.39 Å². The van der Waals surface area contributed by atoms with Gasteiger partial charge < -0.3 is 9.84 Å². The lowest BCUT2D eigenvalue weighted by Crippen LogP contribution is -2.30. The van der Waals surface area contributed by atoms with Gasteiger partial charge in [0.1, 0.15) is 5.82 Å². The summed E-state index contributed by atoms with van der Waals surface area (Å²) in [5, 5.41) is 9.96. The minimum Gasteiger partial charge on any atom is -0.389 e. The molecule has 1 aromatic rings. The van der Waals surface area contributed by atoms with E-state index < -0.39 is 6.10 Å². The lowest BCUT2D eigenvalue weighted by atomic mass is 10.1. The van der Waals surface area contributed by atoms with E-state index in [4.69, 9.17) is 4.74 Å². The first-order valence-electron chi connectivity index (χ1n) is 4.88. The predicted octanol–water partition coefficient (Wildman–Crippen LogP) is 2.37. The van der Waals surface area contributed by atoms with E-state index in [1.54, 1.807) is 24.8 Å². The zero-order valence-electron chi connectivity index (χ0n) is 8.44. The van der Waals surface area contributed by atoms with Crippen LogP contribution in [-0.2, 0) is 4.74 Å². The van der Waals surface area contributed by atoms with Gasteiger partial charge in [0.25, 0.3) is 0 Å². The molecule has 0 amide bonds. The molecule has 2 nitrogen and oxygen atoms in total. The third kappa shape index (κ3) is 2.51. The summed E-state index contributed by atoms with van der Waals surface area (Å²) in [4.78, 5) is 0.944. The molecule has 1 fully saturated rings. The summed E-state index contributed by atoms with van der Waals surface area (Å²) in [5.74, 6) is -0.305. The fourth-order valence-corrected chi connectivity index (χ4v) is 2.61. The van der Waals surface area contributed by atoms with Crippen molar-refractivity contribution in [1.82, 2.24) is 0 Å². The van der Waals surface area contributed by atoms with Gasteiger partial charge in [-0.05, 0) is 30.7 Å². The third-order valence-corrected chi connectivity index (χ3v) is 3.55. The summed E-state index contributed by atoms with van der Waals surface area (Å²) in [6, 6.07) is 4.54. The summed E-state index contributed by atoms with van der Waals surface area (Å²) in [5.41, 5.74) is 0.659. The highest BCUT2D eigenvalue weighted by Gasteiger charge is 2.21. The molecular formula is C11H13FO2S. The number of aliphatic hydroxyl groups is 1. The molecule has 0 bridgehead atoms. The summed E-state index contributed by atoms with van der Waals surface area (Å²) in [7, 11) is 0. The van der Waals surface area contributed by atoms with Crippen molar-refractivity contribution in [1.29, 1.82) is 0 Å². The van der Waals surface area contributed by atoms with Crippen LogP contribution in [0, 0.1) is 5.82 Å². The molecule has 0 saturated carbocycles. The third-order valence-electron chi connectivity index (χ3n) is 2.32. The van der Waals surface area contributed by atoms with Crippen LogP contribution in [0.5, 0.6) is 0 Å². The van der Waals surface area contributed by atoms with Crippen molar-refractivity contribution in [3.05, 3.63) is 29.6 Å². The molecule has 4 heteroatoms. The van der Waals surface area contributed by atoms with Gasteiger partial charge in [0.15, 0.2) is 0 Å². The summed E-state index contributed by atoms with van der Waals surface area (Å²) in [6.45, 7) is 3.12. The first-order valence-corrected chi connectivity index (χ1v) is 5.76. The minimum atomic E-state index is -0.635. The molecule has 1 heterocycles. The number of rotatable bonds is 3. The molecule has 1 aliphatic heterocycles. The summed E-state index contributed by atoms with van der Waals surface area (Å²) in [6.07, 6.45) is -0.635. The van der Waals surface area contributed by atoms with Crippen LogP contribution >= 0.6 is 11.8 Å². The van der Waals surface area contributed by atoms with E-state index in [0.717, 1.165) is 18.1 Å². The first kappa shape index (κ1) is 10.9. The number of aliphatic hydroxyl groups excluding tert-OH is 1. The van der Waals surface area contributed by atoms with Gasteiger partial charge in [-0.3, -0.25) is 0 Å². The molecular weight excluding hydrogens is 215 g/mol. The zero-order valence-corrected chi connectivity index (χ0v) is 9.26. The Bertz CT molecular complexity index is 350. The van der Waals surface area contributed by atoms with Crippen molar-refractivity contribution >= 4 is 11.8 Å². The number of thioether (sulfide) groups is 1. The van der Waals surface area contributed by atoms with Crippen molar-refractivity contribution in [3.63, 3.8) is 0 Å². The number of hydrogen-bond donors (Lipinski definition) is 1. The predicted molar refractivity (Wildman–Crippen MR) is 57.5 cm³/mol. The maximum Gasteiger partial charge on any atom is 0.123 e. The molecule has 1 aliphatic rings. The van der Waals surface area contributed by atoms with Crippen molar-refractivity contribution in [2.45, 2.75) is 23.2 Å². The van der Waals surface area contributed by atoms with Crippen molar-refractivity contribution in [3.8, 4) is 0 Å². The average molecular weight is 228 g/mol. The number of ether oxygens (including phenoxy) is 1. The van der Waals surface area contributed by atoms with Crippen LogP contribution in [0.15, 0.2) is 23.1 Å². The highest BCUT2D eigenvalue weighted by atomic mass is 32.2. The summed E-state index contributed by atoms with van der Waals surface area (Å²) >= 11 is 1.64. The standard InChI is InChI=1S/C11H13FO2S/c1-7(13)10-4-8(12)2-3-11(10)15-9-5-14-6-9/h2-4,7,9,13H,5-6H2,1H3/t7-/m1/s1. The van der Waals surface area contributed by atoms with Gasteiger partial charge in [0.05, 0.1) is 24.6 Å². The van der Waals surface area contributed by atoms with E-state index in [9.17, 15) is 9.50 Å². The molecule has 15 heavy (non-hydrogen) atoms. The number of halogens is 1. The minimum absolute atomic E-state index is 0.305. The second-order valence-corrected chi connectivity index (χ2v) is 4.98. The van der Waals surface area contributed by atoms with E-state index in [-0.39, 0.29) is 5.82 Å². The van der Waals surface area contributed by atoms with Crippen molar-refractivity contribution in [2.24, 2.45) is 0 Å². The topological polar surface area (TPSA) is 29.5 Å². The highest BCUT2D eigenvalue weighted by molar-refractivity contribution is 8.00. The Hall–Kier alpha value is -0.580. The SMILES string of the molecule is C[C@@H](O)c1cc(F)ccc1SC1COC1. The Morgan fingerprint density at radius 3 is 2.80 bits per heavy atom. The van der Waals surface area contributed by atoms with Crippen molar-refractivity contribution in [2.75, 3.05) is 13.2 Å². The molecule has 0 unspecified atom stereocenters. The second-order valence-electron chi connectivity index (χ2n) is 3.64. The Kier molecular flexibility index (Phi) is 3.29. The van der Waals surface area contributed by atoms with Gasteiger partial charge in [0, 0.05) is 4.90 Å². The normalized spacial score (nSPS) is 18.6. The second kappa shape index (κ2) is 4.51. The van der Waals surface area contributed by atoms with Crippen LogP contribution in [0.3, 0.4) is 0 Å². The molecule has 2 rings (SSSR count). The van der Waals surface area contributed by atoms with Crippen LogP contribution in [0.25, 0.3) is 0 Å². The van der Waals surface area contributed by atoms with Gasteiger partial charge in [-0.25, -0.2) is 4.39 Å². The zero-order chi connectivity index (χ0) is 10.8. The monoisotopic (exact) mass is 228 g/mol. The molecule has 82 valence electrons. The number of hydrogen-bond acceptors (Lipinski definition) is 3. The van der Waals surface area contributed by atoms with Crippen LogP contribution in [0.1, 0.15) is 18.6 Å². The lowest BCUT2D eigenvalue weighted by molar-refractivity contribution is 0.0455. The molecule has 0 radical (unpaired) electrons. The molecule has 1 N–H and O–H groups in total. The first-order chi connectivity index (χ1) is 7.16. The van der Waals surface area contributed by atoms with Gasteiger partial charge >= 0.3 is 0 Å². The molecule has 1 atom stereocenters. The molecule has 1 saturated heterocycles. The smallest absolute Gasteiger partial charge is 0.123 e. The van der Waals surface area contributed by atoms with Gasteiger partial charge in [-0.2, -0.15) is 0 Å². The maximum atomic E-state index is 13.0. The Labute approximate surface area is 92.4 Å². The van der Waals surface area contributed by atoms with Gasteiger partial charge in [-0.1, -0.05) is 0 Å². The van der Waals surface area contributed by atoms with Crippen LogP contribution in [0.2, 0.25) is 0 Å². The Morgan fingerprint density at radius 1 is 1.53 bits per heavy atom. The molecule has 0 spiro atoms. The average Bonchev–Trinajstić information content (AvgIpc) is 2.12. The molecule has 1 aromatic carbocycles. The van der Waals surface area contributed by atoms with E-state index in [0.29, 0.717) is 10.8 Å². The molecule has 0 aliphatic carbocycles. The van der Waals surface area contributed by atoms with E-state index in [2.05, 4.69) is 0 Å². The Balaban J connectivity index is 2.20. The maximum absolute atomic E-state index is 13.0.